The average molecular weight is 428 g/mol. The number of pyridine rings is 1. The average Bonchev–Trinajstić information content (AvgIpc) is 2.95. The van der Waals surface area contributed by atoms with Crippen LogP contribution in [-0.4, -0.2) is 34.2 Å². The number of nitrogens with zero attached hydrogens (tertiary/aromatic N) is 3. The van der Waals surface area contributed by atoms with Gasteiger partial charge in [0.1, 0.15) is 0 Å². The molecule has 0 fully saturated rings. The lowest BCUT2D eigenvalue weighted by atomic mass is 10.1. The molecule has 0 unspecified atom stereocenters. The van der Waals surface area contributed by atoms with E-state index in [2.05, 4.69) is 37.7 Å². The molecule has 0 aliphatic heterocycles. The molecule has 0 radical (unpaired) electrons. The summed E-state index contributed by atoms with van der Waals surface area (Å²) in [7, 11) is 0. The molecule has 0 spiro atoms. The van der Waals surface area contributed by atoms with Crippen LogP contribution in [0.15, 0.2) is 35.6 Å². The van der Waals surface area contributed by atoms with Crippen molar-refractivity contribution in [3.63, 3.8) is 0 Å². The Morgan fingerprint density at radius 2 is 2.17 bits per heavy atom. The molecule has 0 saturated heterocycles. The van der Waals surface area contributed by atoms with E-state index < -0.39 is 0 Å². The lowest BCUT2D eigenvalue weighted by Crippen LogP contribution is -2.37. The molecule has 2 aromatic rings. The van der Waals surface area contributed by atoms with Gasteiger partial charge in [0.2, 0.25) is 0 Å². The van der Waals surface area contributed by atoms with E-state index >= 15 is 0 Å². The van der Waals surface area contributed by atoms with Crippen molar-refractivity contribution in [3.8, 4) is 0 Å². The first-order chi connectivity index (χ1) is 10.8. The Kier molecular flexibility index (Phi) is 9.27. The van der Waals surface area contributed by atoms with Crippen LogP contribution in [0.25, 0.3) is 0 Å². The van der Waals surface area contributed by atoms with E-state index in [1.54, 1.807) is 6.20 Å². The summed E-state index contributed by atoms with van der Waals surface area (Å²) in [5, 5.41) is 13.6. The summed E-state index contributed by atoms with van der Waals surface area (Å²) in [5.41, 5.74) is 3.39. The normalized spacial score (nSPS) is 11.0. The number of aryl methyl sites for hydroxylation is 2. The fraction of sp³-hybridized carbons (Fsp3) is 0.438. The number of H-pyrrole nitrogens is 1. The Morgan fingerprint density at radius 3 is 2.83 bits per heavy atom. The summed E-state index contributed by atoms with van der Waals surface area (Å²) in [5.74, 6) is 0.831. The van der Waals surface area contributed by atoms with Gasteiger partial charge >= 0.3 is 0 Å². The summed E-state index contributed by atoms with van der Waals surface area (Å²) < 4.78 is 0. The zero-order valence-corrected chi connectivity index (χ0v) is 16.0. The molecule has 0 bridgehead atoms. The van der Waals surface area contributed by atoms with E-state index in [9.17, 15) is 0 Å². The predicted molar refractivity (Wildman–Crippen MR) is 104 cm³/mol. The van der Waals surface area contributed by atoms with Crippen LogP contribution in [-0.2, 0) is 13.0 Å². The Labute approximate surface area is 154 Å². The maximum absolute atomic E-state index is 4.55. The standard InChI is InChI=1S/C16H24N6.HI/c1-3-17-16(20-12-15-8-4-5-9-18-15)19-10-6-7-14-11-21-22-13(14)2;/h4-5,8-9,11H,3,6-7,10,12H2,1-2H3,(H,21,22)(H2,17,19,20);1H. The summed E-state index contributed by atoms with van der Waals surface area (Å²) in [4.78, 5) is 8.83. The molecule has 0 aromatic carbocycles. The van der Waals surface area contributed by atoms with Gasteiger partial charge in [-0.1, -0.05) is 6.07 Å². The highest BCUT2D eigenvalue weighted by Gasteiger charge is 2.01. The summed E-state index contributed by atoms with van der Waals surface area (Å²) in [6, 6.07) is 5.87. The topological polar surface area (TPSA) is 78.0 Å². The number of hydrogen-bond donors (Lipinski definition) is 3. The molecule has 0 aliphatic carbocycles. The zero-order chi connectivity index (χ0) is 15.6. The molecule has 2 aromatic heterocycles. The van der Waals surface area contributed by atoms with E-state index in [0.717, 1.165) is 43.3 Å². The minimum atomic E-state index is 0. The fourth-order valence-corrected chi connectivity index (χ4v) is 2.11. The summed E-state index contributed by atoms with van der Waals surface area (Å²) in [6.45, 7) is 6.41. The molecule has 0 amide bonds. The van der Waals surface area contributed by atoms with Gasteiger partial charge < -0.3 is 10.6 Å². The molecule has 7 heteroatoms. The third-order valence-electron chi connectivity index (χ3n) is 3.32. The summed E-state index contributed by atoms with van der Waals surface area (Å²) >= 11 is 0. The number of aromatic amines is 1. The third-order valence-corrected chi connectivity index (χ3v) is 3.32. The van der Waals surface area contributed by atoms with Crippen molar-refractivity contribution in [2.45, 2.75) is 33.2 Å². The Hall–Kier alpha value is -1.64. The molecule has 0 atom stereocenters. The van der Waals surface area contributed by atoms with Crippen molar-refractivity contribution < 1.29 is 0 Å². The van der Waals surface area contributed by atoms with Gasteiger partial charge in [-0.15, -0.1) is 24.0 Å². The monoisotopic (exact) mass is 428 g/mol. The number of aliphatic imine (C=N–C) groups is 1. The number of aromatic nitrogens is 3. The van der Waals surface area contributed by atoms with E-state index in [1.807, 2.05) is 31.3 Å². The Morgan fingerprint density at radius 1 is 1.30 bits per heavy atom. The van der Waals surface area contributed by atoms with Crippen LogP contribution in [0.3, 0.4) is 0 Å². The number of hydrogen-bond acceptors (Lipinski definition) is 3. The van der Waals surface area contributed by atoms with Gasteiger partial charge in [0.25, 0.3) is 0 Å². The number of nitrogens with one attached hydrogen (secondary N) is 3. The smallest absolute Gasteiger partial charge is 0.191 e. The summed E-state index contributed by atoms with van der Waals surface area (Å²) in [6.07, 6.45) is 5.73. The molecule has 0 saturated carbocycles. The lowest BCUT2D eigenvalue weighted by molar-refractivity contribution is 0.741. The number of halogens is 1. The molecule has 0 aliphatic rings. The highest BCUT2D eigenvalue weighted by Crippen LogP contribution is 2.05. The number of guanidine groups is 1. The van der Waals surface area contributed by atoms with Crippen LogP contribution in [0.4, 0.5) is 0 Å². The zero-order valence-electron chi connectivity index (χ0n) is 13.7. The first-order valence-electron chi connectivity index (χ1n) is 7.70. The first-order valence-corrected chi connectivity index (χ1v) is 7.70. The molecule has 126 valence electrons. The second-order valence-corrected chi connectivity index (χ2v) is 5.07. The van der Waals surface area contributed by atoms with Gasteiger partial charge in [-0.25, -0.2) is 4.99 Å². The van der Waals surface area contributed by atoms with Gasteiger partial charge in [0, 0.05) is 25.0 Å². The van der Waals surface area contributed by atoms with Crippen molar-refractivity contribution in [2.75, 3.05) is 13.1 Å². The molecule has 2 heterocycles. The SMILES string of the molecule is CCNC(=NCc1ccccn1)NCCCc1cn[nH]c1C.I. The largest absolute Gasteiger partial charge is 0.357 e. The molecular weight excluding hydrogens is 403 g/mol. The maximum Gasteiger partial charge on any atom is 0.191 e. The van der Waals surface area contributed by atoms with Gasteiger partial charge in [0.05, 0.1) is 18.4 Å². The molecule has 3 N–H and O–H groups in total. The van der Waals surface area contributed by atoms with Gasteiger partial charge in [-0.05, 0) is 44.4 Å². The van der Waals surface area contributed by atoms with Crippen molar-refractivity contribution in [1.82, 2.24) is 25.8 Å². The number of rotatable bonds is 7. The van der Waals surface area contributed by atoms with Crippen LogP contribution >= 0.6 is 24.0 Å². The Balaban J connectivity index is 0.00000264. The van der Waals surface area contributed by atoms with Crippen LogP contribution in [0.5, 0.6) is 0 Å². The van der Waals surface area contributed by atoms with E-state index in [4.69, 9.17) is 0 Å². The third kappa shape index (κ3) is 6.98. The second kappa shape index (κ2) is 11.0. The van der Waals surface area contributed by atoms with Crippen LogP contribution < -0.4 is 10.6 Å². The predicted octanol–water partition coefficient (Wildman–Crippen LogP) is 2.42. The lowest BCUT2D eigenvalue weighted by Gasteiger charge is -2.11. The van der Waals surface area contributed by atoms with Crippen LogP contribution in [0.2, 0.25) is 0 Å². The minimum absolute atomic E-state index is 0. The van der Waals surface area contributed by atoms with E-state index in [0.29, 0.717) is 6.54 Å². The van der Waals surface area contributed by atoms with Crippen molar-refractivity contribution in [1.29, 1.82) is 0 Å². The van der Waals surface area contributed by atoms with Crippen molar-refractivity contribution in [3.05, 3.63) is 47.5 Å². The Bertz CT molecular complexity index is 581. The van der Waals surface area contributed by atoms with Gasteiger partial charge in [0.15, 0.2) is 5.96 Å². The quantitative estimate of drug-likeness (QED) is 0.274. The van der Waals surface area contributed by atoms with Crippen molar-refractivity contribution in [2.24, 2.45) is 4.99 Å². The highest BCUT2D eigenvalue weighted by atomic mass is 127. The molecule has 6 nitrogen and oxygen atoms in total. The minimum Gasteiger partial charge on any atom is -0.357 e. The molecule has 23 heavy (non-hydrogen) atoms. The maximum atomic E-state index is 4.55. The van der Waals surface area contributed by atoms with Gasteiger partial charge in [-0.2, -0.15) is 5.10 Å². The van der Waals surface area contributed by atoms with Gasteiger partial charge in [-0.3, -0.25) is 10.1 Å². The van der Waals surface area contributed by atoms with Crippen molar-refractivity contribution >= 4 is 29.9 Å². The highest BCUT2D eigenvalue weighted by molar-refractivity contribution is 14.0. The van der Waals surface area contributed by atoms with Crippen LogP contribution in [0.1, 0.15) is 30.3 Å². The van der Waals surface area contributed by atoms with E-state index in [-0.39, 0.29) is 24.0 Å². The fourth-order valence-electron chi connectivity index (χ4n) is 2.11. The van der Waals surface area contributed by atoms with Crippen LogP contribution in [0, 0.1) is 6.92 Å². The molecule has 2 rings (SSSR count). The first kappa shape index (κ1) is 19.4. The molecular formula is C16H25IN6. The second-order valence-electron chi connectivity index (χ2n) is 5.07. The van der Waals surface area contributed by atoms with E-state index in [1.165, 1.54) is 5.56 Å².